The molecule has 0 spiro atoms. The summed E-state index contributed by atoms with van der Waals surface area (Å²) in [6.07, 6.45) is 0. The zero-order valence-electron chi connectivity index (χ0n) is 3.80. The Morgan fingerprint density at radius 1 is 1.83 bits per heavy atom. The van der Waals surface area contributed by atoms with Crippen molar-refractivity contribution >= 4 is 5.90 Å². The Hall–Kier alpha value is -0.730. The summed E-state index contributed by atoms with van der Waals surface area (Å²) in [4.78, 5) is 0. The Morgan fingerprint density at radius 3 is 2.33 bits per heavy atom. The third-order valence-electron chi connectivity index (χ3n) is 0.241. The first-order chi connectivity index (χ1) is 2.77. The molecular weight excluding hydrogens is 80.0 g/mol. The van der Waals surface area contributed by atoms with E-state index in [0.717, 1.165) is 0 Å². The summed E-state index contributed by atoms with van der Waals surface area (Å²) in [6, 6.07) is 0. The van der Waals surface area contributed by atoms with Crippen molar-refractivity contribution in [2.75, 3.05) is 7.05 Å². The van der Waals surface area contributed by atoms with Crippen LogP contribution in [-0.2, 0) is 0 Å². The van der Waals surface area contributed by atoms with Gasteiger partial charge in [-0.15, -0.1) is 7.05 Å². The summed E-state index contributed by atoms with van der Waals surface area (Å²) in [5.41, 5.74) is 3.21. The minimum atomic E-state index is -0.252. The van der Waals surface area contributed by atoms with Crippen molar-refractivity contribution in [2.45, 2.75) is 6.92 Å². The maximum absolute atomic E-state index is 9.78. The van der Waals surface area contributed by atoms with E-state index in [-0.39, 0.29) is 5.90 Å². The second-order valence-electron chi connectivity index (χ2n) is 0.819. The first kappa shape index (κ1) is 5.27. The molecule has 36 valence electrons. The van der Waals surface area contributed by atoms with E-state index in [1.54, 1.807) is 0 Å². The molecule has 0 aromatic rings. The summed E-state index contributed by atoms with van der Waals surface area (Å²) in [5.74, 6) is -0.252. The molecule has 0 aliphatic heterocycles. The van der Waals surface area contributed by atoms with E-state index in [9.17, 15) is 5.11 Å². The molecule has 3 nitrogen and oxygen atoms in total. The molecule has 3 heteroatoms. The fourth-order valence-corrected chi connectivity index (χ4v) is 0.141. The van der Waals surface area contributed by atoms with E-state index in [0.29, 0.717) is 0 Å². The number of hydrogen-bond donors (Lipinski definition) is 0. The third-order valence-corrected chi connectivity index (χ3v) is 0.241. The smallest absolute Gasteiger partial charge is 0.0384 e. The molecule has 0 aliphatic carbocycles. The van der Waals surface area contributed by atoms with Crippen LogP contribution in [0.3, 0.4) is 0 Å². The zero-order valence-corrected chi connectivity index (χ0v) is 3.80. The van der Waals surface area contributed by atoms with Gasteiger partial charge in [-0.25, -0.2) is 0 Å². The standard InChI is InChI=1S/C3H7N2O/c1-3(6)5-4-2/h1-2H3,(H,5,6)/q-1/p-1. The molecular formula is C3H6N2O-2. The molecule has 0 aromatic carbocycles. The van der Waals surface area contributed by atoms with Crippen molar-refractivity contribution < 1.29 is 5.11 Å². The molecule has 0 aliphatic rings. The van der Waals surface area contributed by atoms with Crippen LogP contribution in [0.25, 0.3) is 5.43 Å². The molecule has 0 rings (SSSR count). The predicted molar refractivity (Wildman–Crippen MR) is 22.4 cm³/mol. The average molecular weight is 86.1 g/mol. The van der Waals surface area contributed by atoms with Gasteiger partial charge in [0.05, 0.1) is 0 Å². The monoisotopic (exact) mass is 86.0 g/mol. The third kappa shape index (κ3) is 3.27. The van der Waals surface area contributed by atoms with Gasteiger partial charge < -0.3 is 15.6 Å². The second kappa shape index (κ2) is 2.50. The first-order valence-corrected chi connectivity index (χ1v) is 1.57. The van der Waals surface area contributed by atoms with Crippen molar-refractivity contribution in [1.82, 2.24) is 0 Å². The van der Waals surface area contributed by atoms with Crippen LogP contribution < -0.4 is 5.11 Å². The molecule has 0 fully saturated rings. The number of nitrogens with zero attached hydrogens (tertiary/aromatic N) is 2. The molecule has 0 atom stereocenters. The highest BCUT2D eigenvalue weighted by atomic mass is 16.3. The van der Waals surface area contributed by atoms with Gasteiger partial charge in [-0.05, 0) is 6.92 Å². The van der Waals surface area contributed by atoms with E-state index in [4.69, 9.17) is 0 Å². The largest absolute Gasteiger partial charge is 0.863 e. The highest BCUT2D eigenvalue weighted by molar-refractivity contribution is 5.68. The number of rotatable bonds is 1. The summed E-state index contributed by atoms with van der Waals surface area (Å²) in [5, 5.41) is 12.9. The van der Waals surface area contributed by atoms with Gasteiger partial charge in [0.1, 0.15) is 0 Å². The van der Waals surface area contributed by atoms with Gasteiger partial charge in [0.2, 0.25) is 0 Å². The predicted octanol–water partition coefficient (Wildman–Crippen LogP) is -0.316. The highest BCUT2D eigenvalue weighted by Crippen LogP contribution is 1.74. The molecule has 6 heavy (non-hydrogen) atoms. The van der Waals surface area contributed by atoms with Gasteiger partial charge in [-0.1, -0.05) is 5.90 Å². The van der Waals surface area contributed by atoms with Crippen LogP contribution >= 0.6 is 0 Å². The van der Waals surface area contributed by atoms with E-state index in [1.165, 1.54) is 14.0 Å². The lowest BCUT2D eigenvalue weighted by Crippen LogP contribution is -2.10. The molecule has 0 saturated carbocycles. The first-order valence-electron chi connectivity index (χ1n) is 1.57. The minimum absolute atomic E-state index is 0.252. The number of hydrogen-bond acceptors (Lipinski definition) is 2. The molecule has 0 heterocycles. The fraction of sp³-hybridized carbons (Fsp3) is 0.667. The Labute approximate surface area is 36.7 Å². The Morgan fingerprint density at radius 2 is 2.33 bits per heavy atom. The van der Waals surface area contributed by atoms with E-state index >= 15 is 0 Å². The molecule has 0 unspecified atom stereocenters. The summed E-state index contributed by atoms with van der Waals surface area (Å²) >= 11 is 0. The van der Waals surface area contributed by atoms with Gasteiger partial charge >= 0.3 is 0 Å². The Kier molecular flexibility index (Phi) is 2.20. The summed E-state index contributed by atoms with van der Waals surface area (Å²) < 4.78 is 0. The van der Waals surface area contributed by atoms with Gasteiger partial charge in [0, 0.05) is 0 Å². The SMILES string of the molecule is C[N-]N=C(C)[O-]. The van der Waals surface area contributed by atoms with Gasteiger partial charge in [0.15, 0.2) is 0 Å². The Balaban J connectivity index is 3.14. The maximum Gasteiger partial charge on any atom is -0.0384 e. The van der Waals surface area contributed by atoms with Crippen LogP contribution in [0.2, 0.25) is 0 Å². The highest BCUT2D eigenvalue weighted by Gasteiger charge is 1.47. The van der Waals surface area contributed by atoms with Crippen LogP contribution in [0, 0.1) is 0 Å². The van der Waals surface area contributed by atoms with Gasteiger partial charge in [-0.3, -0.25) is 0 Å². The second-order valence-corrected chi connectivity index (χ2v) is 0.819. The normalized spacial score (nSPS) is 11.3. The van der Waals surface area contributed by atoms with Crippen LogP contribution in [0.15, 0.2) is 5.10 Å². The molecule has 0 saturated heterocycles. The van der Waals surface area contributed by atoms with Crippen molar-refractivity contribution in [3.63, 3.8) is 0 Å². The molecule has 0 amide bonds. The van der Waals surface area contributed by atoms with E-state index in [1.807, 2.05) is 0 Å². The molecule has 0 aromatic heterocycles. The van der Waals surface area contributed by atoms with Crippen molar-refractivity contribution in [3.05, 3.63) is 5.43 Å². The van der Waals surface area contributed by atoms with Gasteiger partial charge in [-0.2, -0.15) is 0 Å². The quantitative estimate of drug-likeness (QED) is 0.245. The van der Waals surface area contributed by atoms with E-state index in [2.05, 4.69) is 10.5 Å². The summed E-state index contributed by atoms with van der Waals surface area (Å²) in [7, 11) is 1.46. The molecule has 0 bridgehead atoms. The van der Waals surface area contributed by atoms with Crippen LogP contribution in [0.1, 0.15) is 6.92 Å². The maximum atomic E-state index is 9.78. The van der Waals surface area contributed by atoms with Gasteiger partial charge in [0.25, 0.3) is 0 Å². The lowest BCUT2D eigenvalue weighted by molar-refractivity contribution is -0.215. The summed E-state index contributed by atoms with van der Waals surface area (Å²) in [6.45, 7) is 1.35. The molecule has 0 radical (unpaired) electrons. The Bertz CT molecular complexity index is 55.8. The van der Waals surface area contributed by atoms with Crippen LogP contribution in [0.5, 0.6) is 0 Å². The van der Waals surface area contributed by atoms with Crippen LogP contribution in [0.4, 0.5) is 0 Å². The fourth-order valence-electron chi connectivity index (χ4n) is 0.141. The zero-order chi connectivity index (χ0) is 4.99. The molecule has 0 N–H and O–H groups in total. The lowest BCUT2D eigenvalue weighted by Gasteiger charge is -2.09. The van der Waals surface area contributed by atoms with Crippen molar-refractivity contribution in [1.29, 1.82) is 0 Å². The van der Waals surface area contributed by atoms with Crippen LogP contribution in [-0.4, -0.2) is 12.9 Å². The van der Waals surface area contributed by atoms with Crippen molar-refractivity contribution in [3.8, 4) is 0 Å². The lowest BCUT2D eigenvalue weighted by atomic mass is 10.8. The van der Waals surface area contributed by atoms with E-state index < -0.39 is 0 Å². The van der Waals surface area contributed by atoms with Crippen molar-refractivity contribution in [2.24, 2.45) is 5.10 Å². The topological polar surface area (TPSA) is 49.5 Å². The average Bonchev–Trinajstić information content (AvgIpc) is 1.35. The minimum Gasteiger partial charge on any atom is -0.863 e.